The van der Waals surface area contributed by atoms with E-state index in [1.54, 1.807) is 23.5 Å². The number of carbonyl (C=O) groups is 1. The van der Waals surface area contributed by atoms with E-state index in [2.05, 4.69) is 0 Å². The number of hydrogen-bond acceptors (Lipinski definition) is 4. The van der Waals surface area contributed by atoms with Crippen molar-refractivity contribution in [3.63, 3.8) is 0 Å². The van der Waals surface area contributed by atoms with Crippen molar-refractivity contribution >= 4 is 33.2 Å². The smallest absolute Gasteiger partial charge is 0.307 e. The molecule has 1 aromatic heterocycles. The first kappa shape index (κ1) is 14.2. The average Bonchev–Trinajstić information content (AvgIpc) is 3.07. The zero-order valence-electron chi connectivity index (χ0n) is 10.9. The number of thiophene rings is 1. The van der Waals surface area contributed by atoms with E-state index < -0.39 is 15.5 Å². The van der Waals surface area contributed by atoms with E-state index in [1.165, 1.54) is 4.90 Å². The van der Waals surface area contributed by atoms with Crippen LogP contribution in [0.1, 0.15) is 6.42 Å². The molecule has 7 heteroatoms. The van der Waals surface area contributed by atoms with Crippen molar-refractivity contribution in [2.75, 3.05) is 11.4 Å². The molecule has 0 N–H and O–H groups in total. The van der Waals surface area contributed by atoms with E-state index in [0.29, 0.717) is 5.69 Å². The lowest BCUT2D eigenvalue weighted by molar-refractivity contribution is -0.117. The molecule has 0 radical (unpaired) electrons. The van der Waals surface area contributed by atoms with Gasteiger partial charge in [-0.25, -0.2) is 0 Å². The standard InChI is InChI=1S/C14H12FNO3S2/c15-21(18,19)13-7-14(17)16(8-13)12-3-1-2-10(6-12)11-4-5-20-9-11/h1-6,9,13H,7-8H2. The van der Waals surface area contributed by atoms with Gasteiger partial charge in [0, 0.05) is 18.7 Å². The first-order valence-corrected chi connectivity index (χ1v) is 8.70. The van der Waals surface area contributed by atoms with Gasteiger partial charge in [0.1, 0.15) is 5.25 Å². The van der Waals surface area contributed by atoms with Gasteiger partial charge in [-0.3, -0.25) is 4.79 Å². The Balaban J connectivity index is 1.91. The Morgan fingerprint density at radius 2 is 2.05 bits per heavy atom. The second-order valence-corrected chi connectivity index (χ2v) is 7.27. The number of carbonyl (C=O) groups excluding carboxylic acids is 1. The highest BCUT2D eigenvalue weighted by molar-refractivity contribution is 7.87. The molecule has 1 unspecified atom stereocenters. The zero-order valence-corrected chi connectivity index (χ0v) is 12.5. The summed E-state index contributed by atoms with van der Waals surface area (Å²) >= 11 is 1.57. The Labute approximate surface area is 126 Å². The minimum atomic E-state index is -4.69. The minimum absolute atomic E-state index is 0.134. The van der Waals surface area contributed by atoms with Crippen LogP contribution in [0.3, 0.4) is 0 Å². The number of amides is 1. The highest BCUT2D eigenvalue weighted by Gasteiger charge is 2.39. The van der Waals surface area contributed by atoms with Crippen molar-refractivity contribution in [2.45, 2.75) is 11.7 Å². The van der Waals surface area contributed by atoms with Gasteiger partial charge >= 0.3 is 10.2 Å². The topological polar surface area (TPSA) is 54.5 Å². The lowest BCUT2D eigenvalue weighted by Crippen LogP contribution is -2.26. The molecule has 4 nitrogen and oxygen atoms in total. The Hall–Kier alpha value is -1.73. The fourth-order valence-electron chi connectivity index (χ4n) is 2.40. The van der Waals surface area contributed by atoms with Crippen LogP contribution < -0.4 is 4.90 Å². The van der Waals surface area contributed by atoms with E-state index in [1.807, 2.05) is 29.0 Å². The van der Waals surface area contributed by atoms with Crippen LogP contribution in [-0.2, 0) is 15.0 Å². The number of benzene rings is 1. The van der Waals surface area contributed by atoms with Crippen LogP contribution in [0.2, 0.25) is 0 Å². The van der Waals surface area contributed by atoms with Gasteiger partial charge in [0.15, 0.2) is 0 Å². The van der Waals surface area contributed by atoms with Crippen molar-refractivity contribution in [2.24, 2.45) is 0 Å². The summed E-state index contributed by atoms with van der Waals surface area (Å²) in [6.45, 7) is -0.134. The zero-order chi connectivity index (χ0) is 15.0. The molecule has 1 aliphatic heterocycles. The van der Waals surface area contributed by atoms with Crippen molar-refractivity contribution in [1.82, 2.24) is 0 Å². The highest BCUT2D eigenvalue weighted by Crippen LogP contribution is 2.30. The predicted octanol–water partition coefficient (Wildman–Crippen LogP) is 2.82. The number of anilines is 1. The summed E-state index contributed by atoms with van der Waals surface area (Å²) in [7, 11) is -4.69. The first-order valence-electron chi connectivity index (χ1n) is 6.31. The van der Waals surface area contributed by atoms with E-state index in [4.69, 9.17) is 0 Å². The van der Waals surface area contributed by atoms with Crippen molar-refractivity contribution < 1.29 is 17.1 Å². The molecule has 1 aliphatic rings. The highest BCUT2D eigenvalue weighted by atomic mass is 32.3. The normalized spacial score (nSPS) is 19.2. The van der Waals surface area contributed by atoms with Crippen LogP contribution in [0.4, 0.5) is 9.57 Å². The molecule has 2 heterocycles. The van der Waals surface area contributed by atoms with E-state index in [9.17, 15) is 17.1 Å². The molecule has 1 fully saturated rings. The maximum absolute atomic E-state index is 13.1. The van der Waals surface area contributed by atoms with Crippen LogP contribution in [-0.4, -0.2) is 26.1 Å². The van der Waals surface area contributed by atoms with Gasteiger partial charge in [-0.2, -0.15) is 19.8 Å². The van der Waals surface area contributed by atoms with Crippen molar-refractivity contribution in [1.29, 1.82) is 0 Å². The summed E-state index contributed by atoms with van der Waals surface area (Å²) in [4.78, 5) is 13.3. The lowest BCUT2D eigenvalue weighted by atomic mass is 10.1. The molecule has 21 heavy (non-hydrogen) atoms. The molecular formula is C14H12FNO3S2. The van der Waals surface area contributed by atoms with E-state index in [-0.39, 0.29) is 18.9 Å². The van der Waals surface area contributed by atoms with Crippen molar-refractivity contribution in [3.05, 3.63) is 41.1 Å². The minimum Gasteiger partial charge on any atom is -0.311 e. The van der Waals surface area contributed by atoms with Gasteiger partial charge in [-0.1, -0.05) is 12.1 Å². The van der Waals surface area contributed by atoms with Crippen LogP contribution in [0.15, 0.2) is 41.1 Å². The summed E-state index contributed by atoms with van der Waals surface area (Å²) in [5, 5.41) is 2.67. The lowest BCUT2D eigenvalue weighted by Gasteiger charge is -2.17. The second-order valence-electron chi connectivity index (χ2n) is 4.87. The van der Waals surface area contributed by atoms with Crippen LogP contribution in [0.5, 0.6) is 0 Å². The molecule has 0 bridgehead atoms. The maximum Gasteiger partial charge on any atom is 0.307 e. The quantitative estimate of drug-likeness (QED) is 0.816. The SMILES string of the molecule is O=C1CC(S(=O)(=O)F)CN1c1cccc(-c2ccsc2)c1. The molecular weight excluding hydrogens is 313 g/mol. The predicted molar refractivity (Wildman–Crippen MR) is 80.5 cm³/mol. The summed E-state index contributed by atoms with van der Waals surface area (Å²) in [6.07, 6.45) is -0.304. The third-order valence-corrected chi connectivity index (χ3v) is 5.30. The Kier molecular flexibility index (Phi) is 3.54. The molecule has 2 aromatic rings. The third-order valence-electron chi connectivity index (χ3n) is 3.50. The van der Waals surface area contributed by atoms with Crippen LogP contribution in [0, 0.1) is 0 Å². The van der Waals surface area contributed by atoms with Gasteiger partial charge in [0.05, 0.1) is 0 Å². The fourth-order valence-corrected chi connectivity index (χ4v) is 3.73. The molecule has 0 aliphatic carbocycles. The van der Waals surface area contributed by atoms with Gasteiger partial charge in [0.2, 0.25) is 5.91 Å². The van der Waals surface area contributed by atoms with E-state index in [0.717, 1.165) is 11.1 Å². The van der Waals surface area contributed by atoms with Gasteiger partial charge < -0.3 is 4.90 Å². The maximum atomic E-state index is 13.1. The molecule has 1 saturated heterocycles. The van der Waals surface area contributed by atoms with Crippen LogP contribution >= 0.6 is 11.3 Å². The van der Waals surface area contributed by atoms with E-state index >= 15 is 0 Å². The summed E-state index contributed by atoms with van der Waals surface area (Å²) in [5.74, 6) is -0.372. The summed E-state index contributed by atoms with van der Waals surface area (Å²) < 4.78 is 35.0. The monoisotopic (exact) mass is 325 g/mol. The van der Waals surface area contributed by atoms with Crippen LogP contribution in [0.25, 0.3) is 11.1 Å². The third kappa shape index (κ3) is 2.84. The molecule has 0 saturated carbocycles. The van der Waals surface area contributed by atoms with Gasteiger partial charge in [-0.15, -0.1) is 3.89 Å². The Morgan fingerprint density at radius 1 is 1.24 bits per heavy atom. The second kappa shape index (κ2) is 5.23. The molecule has 0 spiro atoms. The Morgan fingerprint density at radius 3 is 2.67 bits per heavy atom. The number of rotatable bonds is 3. The molecule has 3 rings (SSSR count). The summed E-state index contributed by atoms with van der Waals surface area (Å²) in [6, 6.07) is 9.21. The molecule has 1 atom stereocenters. The summed E-state index contributed by atoms with van der Waals surface area (Å²) in [5.41, 5.74) is 2.56. The average molecular weight is 325 g/mol. The molecule has 110 valence electrons. The van der Waals surface area contributed by atoms with Gasteiger partial charge in [0.25, 0.3) is 0 Å². The molecule has 1 aromatic carbocycles. The number of hydrogen-bond donors (Lipinski definition) is 0. The fraction of sp³-hybridized carbons (Fsp3) is 0.214. The van der Waals surface area contributed by atoms with Gasteiger partial charge in [-0.05, 0) is 40.1 Å². The number of halogens is 1. The van der Waals surface area contributed by atoms with Crippen molar-refractivity contribution in [3.8, 4) is 11.1 Å². The Bertz CT molecular complexity index is 771. The number of nitrogens with zero attached hydrogens (tertiary/aromatic N) is 1. The first-order chi connectivity index (χ1) is 9.95. The molecule has 1 amide bonds. The largest absolute Gasteiger partial charge is 0.311 e.